The fourth-order valence-electron chi connectivity index (χ4n) is 2.59. The maximum atomic E-state index is 5.81. The largest absolute Gasteiger partial charge is 0.492 e. The van der Waals surface area contributed by atoms with Crippen molar-refractivity contribution in [1.29, 1.82) is 0 Å². The van der Waals surface area contributed by atoms with Crippen LogP contribution in [0.15, 0.2) is 0 Å². The Morgan fingerprint density at radius 3 is 2.50 bits per heavy atom. The van der Waals surface area contributed by atoms with Crippen LogP contribution in [0.3, 0.4) is 0 Å². The Labute approximate surface area is 94.3 Å². The summed E-state index contributed by atoms with van der Waals surface area (Å²) < 4.78 is 16.8. The van der Waals surface area contributed by atoms with Crippen LogP contribution in [0.4, 0.5) is 0 Å². The molecule has 0 radical (unpaired) electrons. The first-order valence-corrected chi connectivity index (χ1v) is 5.57. The molecule has 0 fully saturated rings. The molecule has 0 amide bonds. The maximum absolute atomic E-state index is 5.81. The Bertz CT molecular complexity index is 368. The third-order valence-corrected chi connectivity index (χ3v) is 3.27. The molecule has 0 aromatic heterocycles. The number of benzene rings is 1. The zero-order chi connectivity index (χ0) is 11.1. The summed E-state index contributed by atoms with van der Waals surface area (Å²) in [5.74, 6) is 2.66. The monoisotopic (exact) mass is 221 g/mol. The van der Waals surface area contributed by atoms with Crippen molar-refractivity contribution in [3.63, 3.8) is 0 Å². The summed E-state index contributed by atoms with van der Waals surface area (Å²) in [6.07, 6.45) is 1.77. The lowest BCUT2D eigenvalue weighted by Gasteiger charge is -2.15. The van der Waals surface area contributed by atoms with E-state index in [0.717, 1.165) is 41.2 Å². The molecule has 1 aromatic rings. The Hall–Kier alpha value is -1.42. The van der Waals surface area contributed by atoms with Crippen LogP contribution in [0, 0.1) is 0 Å². The van der Waals surface area contributed by atoms with Crippen molar-refractivity contribution in [2.45, 2.75) is 19.4 Å². The van der Waals surface area contributed by atoms with Crippen LogP contribution in [-0.2, 0) is 19.4 Å². The van der Waals surface area contributed by atoms with Crippen molar-refractivity contribution in [1.82, 2.24) is 0 Å². The predicted octanol–water partition coefficient (Wildman–Crippen LogP) is 1.02. The molecule has 0 atom stereocenters. The molecule has 1 aromatic carbocycles. The zero-order valence-corrected chi connectivity index (χ0v) is 9.34. The average Bonchev–Trinajstić information content (AvgIpc) is 2.93. The third kappa shape index (κ3) is 1.13. The predicted molar refractivity (Wildman–Crippen MR) is 59.3 cm³/mol. The van der Waals surface area contributed by atoms with E-state index in [2.05, 4.69) is 0 Å². The van der Waals surface area contributed by atoms with Gasteiger partial charge in [-0.05, 0) is 0 Å². The van der Waals surface area contributed by atoms with E-state index in [1.807, 2.05) is 0 Å². The van der Waals surface area contributed by atoms with Crippen molar-refractivity contribution in [3.05, 3.63) is 16.7 Å². The van der Waals surface area contributed by atoms with E-state index in [0.29, 0.717) is 19.8 Å². The summed E-state index contributed by atoms with van der Waals surface area (Å²) >= 11 is 0. The normalized spacial score (nSPS) is 16.4. The molecule has 0 aliphatic carbocycles. The lowest BCUT2D eigenvalue weighted by molar-refractivity contribution is 0.324. The lowest BCUT2D eigenvalue weighted by Crippen LogP contribution is -2.04. The van der Waals surface area contributed by atoms with E-state index in [9.17, 15) is 0 Å². The highest BCUT2D eigenvalue weighted by molar-refractivity contribution is 5.65. The summed E-state index contributed by atoms with van der Waals surface area (Å²) in [4.78, 5) is 0. The van der Waals surface area contributed by atoms with Crippen LogP contribution >= 0.6 is 0 Å². The molecule has 0 unspecified atom stereocenters. The van der Waals surface area contributed by atoms with Crippen molar-refractivity contribution in [2.75, 3.05) is 20.3 Å². The third-order valence-electron chi connectivity index (χ3n) is 3.27. The fraction of sp³-hybridized carbons (Fsp3) is 0.500. The van der Waals surface area contributed by atoms with E-state index in [1.54, 1.807) is 7.11 Å². The molecule has 16 heavy (non-hydrogen) atoms. The Kier molecular flexibility index (Phi) is 2.17. The molecule has 2 aliphatic rings. The highest BCUT2D eigenvalue weighted by atomic mass is 16.5. The molecular weight excluding hydrogens is 206 g/mol. The molecular formula is C12H15NO3. The van der Waals surface area contributed by atoms with E-state index in [4.69, 9.17) is 19.9 Å². The lowest BCUT2D eigenvalue weighted by atomic mass is 9.98. The molecule has 4 heteroatoms. The van der Waals surface area contributed by atoms with Gasteiger partial charge in [0.25, 0.3) is 0 Å². The zero-order valence-electron chi connectivity index (χ0n) is 9.34. The molecule has 2 N–H and O–H groups in total. The molecule has 0 bridgehead atoms. The van der Waals surface area contributed by atoms with Gasteiger partial charge in [0, 0.05) is 36.1 Å². The molecule has 4 nitrogen and oxygen atoms in total. The molecule has 2 aliphatic heterocycles. The number of nitrogens with two attached hydrogens (primary N) is 1. The second-order valence-corrected chi connectivity index (χ2v) is 4.03. The molecule has 0 saturated heterocycles. The molecule has 3 rings (SSSR count). The van der Waals surface area contributed by atoms with Gasteiger partial charge in [-0.3, -0.25) is 0 Å². The second kappa shape index (κ2) is 3.56. The molecule has 0 spiro atoms. The van der Waals surface area contributed by atoms with Gasteiger partial charge in [0.05, 0.1) is 20.3 Å². The summed E-state index contributed by atoms with van der Waals surface area (Å²) in [5.41, 5.74) is 9.19. The quantitative estimate of drug-likeness (QED) is 0.810. The van der Waals surface area contributed by atoms with Crippen LogP contribution in [0.5, 0.6) is 17.2 Å². The van der Waals surface area contributed by atoms with E-state index < -0.39 is 0 Å². The van der Waals surface area contributed by atoms with Crippen LogP contribution < -0.4 is 19.9 Å². The minimum Gasteiger partial charge on any atom is -0.492 e. The van der Waals surface area contributed by atoms with Crippen LogP contribution in [0.25, 0.3) is 0 Å². The first-order chi connectivity index (χ1) is 7.86. The summed E-state index contributed by atoms with van der Waals surface area (Å²) in [6.45, 7) is 1.92. The van der Waals surface area contributed by atoms with E-state index in [-0.39, 0.29) is 0 Å². The average molecular weight is 221 g/mol. The van der Waals surface area contributed by atoms with Crippen molar-refractivity contribution < 1.29 is 14.2 Å². The smallest absolute Gasteiger partial charge is 0.168 e. The van der Waals surface area contributed by atoms with Crippen LogP contribution in [0.2, 0.25) is 0 Å². The second-order valence-electron chi connectivity index (χ2n) is 4.03. The van der Waals surface area contributed by atoms with Gasteiger partial charge in [-0.15, -0.1) is 0 Å². The van der Waals surface area contributed by atoms with Gasteiger partial charge < -0.3 is 19.9 Å². The number of ether oxygens (including phenoxy) is 3. The van der Waals surface area contributed by atoms with E-state index in [1.165, 1.54) is 5.56 Å². The first-order valence-electron chi connectivity index (χ1n) is 5.57. The summed E-state index contributed by atoms with van der Waals surface area (Å²) in [5, 5.41) is 0. The number of hydrogen-bond donors (Lipinski definition) is 1. The van der Waals surface area contributed by atoms with Gasteiger partial charge >= 0.3 is 0 Å². The number of hydrogen-bond acceptors (Lipinski definition) is 4. The number of fused-ring (bicyclic) bond motifs is 2. The SMILES string of the molecule is COc1c2c(c(CN)c3c1OCC3)OCC2. The van der Waals surface area contributed by atoms with Crippen LogP contribution in [0.1, 0.15) is 16.7 Å². The summed E-state index contributed by atoms with van der Waals surface area (Å²) in [7, 11) is 1.68. The Morgan fingerprint density at radius 1 is 1.12 bits per heavy atom. The first kappa shape index (κ1) is 9.78. The van der Waals surface area contributed by atoms with E-state index >= 15 is 0 Å². The highest BCUT2D eigenvalue weighted by Crippen LogP contribution is 2.48. The molecule has 86 valence electrons. The number of methoxy groups -OCH3 is 1. The van der Waals surface area contributed by atoms with Crippen molar-refractivity contribution in [3.8, 4) is 17.2 Å². The highest BCUT2D eigenvalue weighted by Gasteiger charge is 2.31. The number of rotatable bonds is 2. The minimum absolute atomic E-state index is 0.498. The van der Waals surface area contributed by atoms with Gasteiger partial charge in [0.2, 0.25) is 0 Å². The summed E-state index contributed by atoms with van der Waals surface area (Å²) in [6, 6.07) is 0. The van der Waals surface area contributed by atoms with Gasteiger partial charge in [-0.25, -0.2) is 0 Å². The maximum Gasteiger partial charge on any atom is 0.168 e. The van der Waals surface area contributed by atoms with Crippen LogP contribution in [-0.4, -0.2) is 20.3 Å². The van der Waals surface area contributed by atoms with Gasteiger partial charge in [-0.2, -0.15) is 0 Å². The van der Waals surface area contributed by atoms with Gasteiger partial charge in [-0.1, -0.05) is 0 Å². The Morgan fingerprint density at radius 2 is 1.81 bits per heavy atom. The fourth-order valence-corrected chi connectivity index (χ4v) is 2.59. The van der Waals surface area contributed by atoms with Gasteiger partial charge in [0.1, 0.15) is 5.75 Å². The minimum atomic E-state index is 0.498. The van der Waals surface area contributed by atoms with Crippen molar-refractivity contribution in [2.24, 2.45) is 5.73 Å². The molecule has 2 heterocycles. The topological polar surface area (TPSA) is 53.7 Å². The molecule has 0 saturated carbocycles. The standard InChI is InChI=1S/C12H15NO3/c1-14-11-8-3-5-15-10(8)9(6-13)7-2-4-16-12(7)11/h2-6,13H2,1H3. The van der Waals surface area contributed by atoms with Gasteiger partial charge in [0.15, 0.2) is 11.5 Å². The Balaban J connectivity index is 2.29. The van der Waals surface area contributed by atoms with Crippen molar-refractivity contribution >= 4 is 0 Å².